The highest BCUT2D eigenvalue weighted by Gasteiger charge is 2.34. The van der Waals surface area contributed by atoms with E-state index in [2.05, 4.69) is 5.32 Å². The number of carbonyl (C=O) groups excluding carboxylic acids is 1. The summed E-state index contributed by atoms with van der Waals surface area (Å²) in [6.45, 7) is 4.30. The van der Waals surface area contributed by atoms with E-state index in [9.17, 15) is 4.79 Å². The molecule has 5 heteroatoms. The molecular formula is C10H20N2O3. The number of aliphatic hydroxyl groups is 1. The average Bonchev–Trinajstić information content (AvgIpc) is 2.66. The Bertz CT molecular complexity index is 211. The highest BCUT2D eigenvalue weighted by molar-refractivity contribution is 5.79. The predicted octanol–water partition coefficient (Wildman–Crippen LogP) is -0.938. The molecule has 0 aromatic heterocycles. The summed E-state index contributed by atoms with van der Waals surface area (Å²) < 4.78 is 5.30. The van der Waals surface area contributed by atoms with Crippen molar-refractivity contribution in [3.63, 3.8) is 0 Å². The minimum atomic E-state index is -0.110. The van der Waals surface area contributed by atoms with Gasteiger partial charge in [0.25, 0.3) is 0 Å². The van der Waals surface area contributed by atoms with Crippen LogP contribution in [0.4, 0.5) is 0 Å². The molecule has 0 spiro atoms. The Labute approximate surface area is 90.4 Å². The first-order valence-corrected chi connectivity index (χ1v) is 5.37. The molecular weight excluding hydrogens is 196 g/mol. The lowest BCUT2D eigenvalue weighted by atomic mass is 10.0. The van der Waals surface area contributed by atoms with Crippen LogP contribution in [0.25, 0.3) is 0 Å². The van der Waals surface area contributed by atoms with E-state index in [1.165, 1.54) is 0 Å². The smallest absolute Gasteiger partial charge is 0.229 e. The van der Waals surface area contributed by atoms with Gasteiger partial charge < -0.3 is 20.1 Å². The SMILES string of the molecule is CCNC1COCC1C(=O)N(C)CCO. The van der Waals surface area contributed by atoms with Crippen LogP contribution in [0.2, 0.25) is 0 Å². The van der Waals surface area contributed by atoms with E-state index >= 15 is 0 Å². The normalized spacial score (nSPS) is 25.5. The number of aliphatic hydroxyl groups excluding tert-OH is 1. The highest BCUT2D eigenvalue weighted by Crippen LogP contribution is 2.15. The van der Waals surface area contributed by atoms with Crippen LogP contribution < -0.4 is 5.32 Å². The third-order valence-corrected chi connectivity index (χ3v) is 2.68. The zero-order valence-corrected chi connectivity index (χ0v) is 9.40. The summed E-state index contributed by atoms with van der Waals surface area (Å²) in [7, 11) is 1.71. The average molecular weight is 216 g/mol. The molecule has 1 fully saturated rings. The number of carbonyl (C=O) groups is 1. The highest BCUT2D eigenvalue weighted by atomic mass is 16.5. The number of likely N-dealkylation sites (N-methyl/N-ethyl adjacent to an activating group) is 2. The van der Waals surface area contributed by atoms with E-state index in [1.807, 2.05) is 6.92 Å². The van der Waals surface area contributed by atoms with Crippen molar-refractivity contribution in [1.29, 1.82) is 0 Å². The summed E-state index contributed by atoms with van der Waals surface area (Å²) in [6.07, 6.45) is 0. The number of nitrogens with one attached hydrogen (secondary N) is 1. The summed E-state index contributed by atoms with van der Waals surface area (Å²) in [5, 5.41) is 12.0. The Morgan fingerprint density at radius 2 is 2.33 bits per heavy atom. The van der Waals surface area contributed by atoms with Gasteiger partial charge in [0.05, 0.1) is 25.7 Å². The van der Waals surface area contributed by atoms with Crippen LogP contribution in [0.15, 0.2) is 0 Å². The molecule has 0 aromatic rings. The molecule has 0 bridgehead atoms. The Morgan fingerprint density at radius 3 is 2.93 bits per heavy atom. The van der Waals surface area contributed by atoms with Gasteiger partial charge in [-0.2, -0.15) is 0 Å². The minimum Gasteiger partial charge on any atom is -0.395 e. The molecule has 1 saturated heterocycles. The second-order valence-corrected chi connectivity index (χ2v) is 3.79. The van der Waals surface area contributed by atoms with Gasteiger partial charge in [-0.1, -0.05) is 6.92 Å². The maximum Gasteiger partial charge on any atom is 0.229 e. The van der Waals surface area contributed by atoms with Crippen LogP contribution in [-0.2, 0) is 9.53 Å². The van der Waals surface area contributed by atoms with Gasteiger partial charge in [0, 0.05) is 19.6 Å². The number of hydrogen-bond donors (Lipinski definition) is 2. The first-order chi connectivity index (χ1) is 7.20. The van der Waals surface area contributed by atoms with Crippen molar-refractivity contribution in [1.82, 2.24) is 10.2 Å². The fraction of sp³-hybridized carbons (Fsp3) is 0.900. The third-order valence-electron chi connectivity index (χ3n) is 2.68. The Morgan fingerprint density at radius 1 is 1.60 bits per heavy atom. The molecule has 1 heterocycles. The Kier molecular flexibility index (Phi) is 5.01. The van der Waals surface area contributed by atoms with E-state index in [1.54, 1.807) is 11.9 Å². The Hall–Kier alpha value is -0.650. The fourth-order valence-corrected chi connectivity index (χ4v) is 1.80. The van der Waals surface area contributed by atoms with Crippen molar-refractivity contribution in [2.75, 3.05) is 40.0 Å². The van der Waals surface area contributed by atoms with E-state index in [-0.39, 0.29) is 24.5 Å². The second kappa shape index (κ2) is 6.05. The predicted molar refractivity (Wildman–Crippen MR) is 56.5 cm³/mol. The maximum atomic E-state index is 11.9. The summed E-state index contributed by atoms with van der Waals surface area (Å²) in [6, 6.07) is 0.114. The van der Waals surface area contributed by atoms with Gasteiger partial charge in [-0.25, -0.2) is 0 Å². The molecule has 0 aliphatic carbocycles. The van der Waals surface area contributed by atoms with Gasteiger partial charge >= 0.3 is 0 Å². The lowest BCUT2D eigenvalue weighted by Crippen LogP contribution is -2.45. The number of hydrogen-bond acceptors (Lipinski definition) is 4. The van der Waals surface area contributed by atoms with E-state index in [0.29, 0.717) is 19.8 Å². The van der Waals surface area contributed by atoms with Gasteiger partial charge in [-0.3, -0.25) is 4.79 Å². The van der Waals surface area contributed by atoms with E-state index in [0.717, 1.165) is 6.54 Å². The molecule has 1 rings (SSSR count). The van der Waals surface area contributed by atoms with Crippen LogP contribution in [0.1, 0.15) is 6.92 Å². The largest absolute Gasteiger partial charge is 0.395 e. The topological polar surface area (TPSA) is 61.8 Å². The molecule has 1 aliphatic heterocycles. The summed E-state index contributed by atoms with van der Waals surface area (Å²) >= 11 is 0. The quantitative estimate of drug-likeness (QED) is 0.623. The molecule has 5 nitrogen and oxygen atoms in total. The number of ether oxygens (including phenoxy) is 1. The van der Waals surface area contributed by atoms with Crippen molar-refractivity contribution >= 4 is 5.91 Å². The summed E-state index contributed by atoms with van der Waals surface area (Å²) in [5.41, 5.74) is 0. The van der Waals surface area contributed by atoms with Crippen LogP contribution in [0.5, 0.6) is 0 Å². The van der Waals surface area contributed by atoms with Crippen LogP contribution in [-0.4, -0.2) is 61.9 Å². The van der Waals surface area contributed by atoms with Crippen LogP contribution in [0.3, 0.4) is 0 Å². The van der Waals surface area contributed by atoms with Gasteiger partial charge in [0.1, 0.15) is 0 Å². The molecule has 1 amide bonds. The number of rotatable bonds is 5. The maximum absolute atomic E-state index is 11.9. The van der Waals surface area contributed by atoms with Crippen molar-refractivity contribution < 1.29 is 14.6 Å². The molecule has 2 unspecified atom stereocenters. The number of nitrogens with zero attached hydrogens (tertiary/aromatic N) is 1. The standard InChI is InChI=1S/C10H20N2O3/c1-3-11-9-7-15-6-8(9)10(14)12(2)4-5-13/h8-9,11,13H,3-7H2,1-2H3. The molecule has 88 valence electrons. The molecule has 2 atom stereocenters. The van der Waals surface area contributed by atoms with Gasteiger partial charge in [0.15, 0.2) is 0 Å². The van der Waals surface area contributed by atoms with Gasteiger partial charge in [0.2, 0.25) is 5.91 Å². The second-order valence-electron chi connectivity index (χ2n) is 3.79. The summed E-state index contributed by atoms with van der Waals surface area (Å²) in [4.78, 5) is 13.5. The van der Waals surface area contributed by atoms with Gasteiger partial charge in [-0.15, -0.1) is 0 Å². The summed E-state index contributed by atoms with van der Waals surface area (Å²) in [5.74, 6) is -0.0611. The third kappa shape index (κ3) is 3.15. The minimum absolute atomic E-state index is 0.00168. The molecule has 1 aliphatic rings. The molecule has 0 saturated carbocycles. The van der Waals surface area contributed by atoms with Gasteiger partial charge in [-0.05, 0) is 6.54 Å². The first kappa shape index (κ1) is 12.4. The van der Waals surface area contributed by atoms with E-state index < -0.39 is 0 Å². The van der Waals surface area contributed by atoms with Crippen LogP contribution >= 0.6 is 0 Å². The van der Waals surface area contributed by atoms with Crippen molar-refractivity contribution in [3.8, 4) is 0 Å². The molecule has 0 radical (unpaired) electrons. The molecule has 15 heavy (non-hydrogen) atoms. The van der Waals surface area contributed by atoms with Crippen LogP contribution in [0, 0.1) is 5.92 Å². The number of amides is 1. The zero-order chi connectivity index (χ0) is 11.3. The fourth-order valence-electron chi connectivity index (χ4n) is 1.80. The molecule has 2 N–H and O–H groups in total. The monoisotopic (exact) mass is 216 g/mol. The van der Waals surface area contributed by atoms with Crippen molar-refractivity contribution in [2.45, 2.75) is 13.0 Å². The van der Waals surface area contributed by atoms with Crippen molar-refractivity contribution in [2.24, 2.45) is 5.92 Å². The first-order valence-electron chi connectivity index (χ1n) is 5.37. The zero-order valence-electron chi connectivity index (χ0n) is 9.40. The Balaban J connectivity index is 2.50. The lowest BCUT2D eigenvalue weighted by molar-refractivity contribution is -0.135. The molecule has 0 aromatic carbocycles. The van der Waals surface area contributed by atoms with E-state index in [4.69, 9.17) is 9.84 Å². The van der Waals surface area contributed by atoms with Crippen molar-refractivity contribution in [3.05, 3.63) is 0 Å². The lowest BCUT2D eigenvalue weighted by Gasteiger charge is -2.23.